The number of aryl methyl sites for hydroxylation is 1. The fraction of sp³-hybridized carbons (Fsp3) is 0.0400. The van der Waals surface area contributed by atoms with Crippen LogP contribution in [0.3, 0.4) is 0 Å². The van der Waals surface area contributed by atoms with E-state index in [9.17, 15) is 25.0 Å². The van der Waals surface area contributed by atoms with Crippen LogP contribution in [-0.2, 0) is 0 Å². The maximum Gasteiger partial charge on any atom is 0.307 e. The molecule has 0 bridgehead atoms. The number of non-ortho nitro benzene ring substituents is 1. The topological polar surface area (TPSA) is 129 Å². The highest BCUT2D eigenvalue weighted by molar-refractivity contribution is 6.13. The van der Waals surface area contributed by atoms with Gasteiger partial charge in [-0.3, -0.25) is 25.0 Å². The fourth-order valence-electron chi connectivity index (χ4n) is 3.63. The Balaban J connectivity index is 1.90. The molecule has 0 spiro atoms. The molecule has 9 heteroatoms. The Hall–Kier alpha value is -4.92. The minimum Gasteiger partial charge on any atom is -0.464 e. The van der Waals surface area contributed by atoms with Gasteiger partial charge in [0.1, 0.15) is 17.0 Å². The van der Waals surface area contributed by atoms with Gasteiger partial charge in [0, 0.05) is 17.7 Å². The van der Waals surface area contributed by atoms with Gasteiger partial charge < -0.3 is 4.42 Å². The number of allylic oxidation sites excluding steroid dienone is 1. The van der Waals surface area contributed by atoms with Gasteiger partial charge in [0.15, 0.2) is 5.78 Å². The summed E-state index contributed by atoms with van der Waals surface area (Å²) in [6, 6.07) is 17.5. The molecule has 0 aliphatic carbocycles. The fourth-order valence-corrected chi connectivity index (χ4v) is 3.63. The lowest BCUT2D eigenvalue weighted by molar-refractivity contribution is -0.384. The van der Waals surface area contributed by atoms with Crippen LogP contribution in [0, 0.1) is 27.2 Å². The van der Waals surface area contributed by atoms with Gasteiger partial charge in [-0.15, -0.1) is 0 Å². The smallest absolute Gasteiger partial charge is 0.307 e. The number of nitrogens with zero attached hydrogens (tertiary/aromatic N) is 3. The van der Waals surface area contributed by atoms with Gasteiger partial charge in [0.2, 0.25) is 0 Å². The number of carbonyl (C=O) groups is 1. The zero-order chi connectivity index (χ0) is 24.2. The summed E-state index contributed by atoms with van der Waals surface area (Å²) in [4.78, 5) is 39.8. The van der Waals surface area contributed by atoms with E-state index in [0.29, 0.717) is 11.1 Å². The second kappa shape index (κ2) is 9.29. The number of rotatable bonds is 7. The van der Waals surface area contributed by atoms with Gasteiger partial charge in [-0.1, -0.05) is 48.5 Å². The van der Waals surface area contributed by atoms with Crippen molar-refractivity contribution in [3.8, 4) is 22.6 Å². The number of pyridine rings is 1. The molecule has 4 aromatic rings. The zero-order valence-electron chi connectivity index (χ0n) is 17.9. The van der Waals surface area contributed by atoms with Gasteiger partial charge in [-0.2, -0.15) is 0 Å². The lowest BCUT2D eigenvalue weighted by Gasteiger charge is -2.13. The number of nitro benzene ring substituents is 1. The molecule has 168 valence electrons. The Morgan fingerprint density at radius 1 is 0.971 bits per heavy atom. The highest BCUT2D eigenvalue weighted by Crippen LogP contribution is 2.41. The first kappa shape index (κ1) is 22.3. The van der Waals surface area contributed by atoms with Gasteiger partial charge in [0.05, 0.1) is 27.4 Å². The zero-order valence-corrected chi connectivity index (χ0v) is 17.9. The van der Waals surface area contributed by atoms with Crippen LogP contribution < -0.4 is 0 Å². The number of nitro groups is 2. The molecule has 34 heavy (non-hydrogen) atoms. The van der Waals surface area contributed by atoms with Crippen molar-refractivity contribution in [2.45, 2.75) is 6.92 Å². The molecule has 0 N–H and O–H groups in total. The average molecular weight is 455 g/mol. The number of benzene rings is 2. The van der Waals surface area contributed by atoms with Crippen molar-refractivity contribution in [3.05, 3.63) is 116 Å². The van der Waals surface area contributed by atoms with Crippen molar-refractivity contribution in [2.24, 2.45) is 0 Å². The van der Waals surface area contributed by atoms with Crippen LogP contribution in [0.4, 0.5) is 11.4 Å². The third kappa shape index (κ3) is 4.35. The molecular weight excluding hydrogens is 438 g/mol. The highest BCUT2D eigenvalue weighted by Gasteiger charge is 2.32. The maximum atomic E-state index is 13.3. The third-order valence-electron chi connectivity index (χ3n) is 5.10. The summed E-state index contributed by atoms with van der Waals surface area (Å²) in [6.07, 6.45) is 3.99. The van der Waals surface area contributed by atoms with Crippen molar-refractivity contribution >= 4 is 23.2 Å². The molecule has 4 rings (SSSR count). The van der Waals surface area contributed by atoms with E-state index in [-0.39, 0.29) is 39.6 Å². The Bertz CT molecular complexity index is 1430. The van der Waals surface area contributed by atoms with Crippen molar-refractivity contribution in [2.75, 3.05) is 0 Å². The number of hydrogen-bond donors (Lipinski definition) is 0. The molecule has 2 aromatic carbocycles. The highest BCUT2D eigenvalue weighted by atomic mass is 16.6. The lowest BCUT2D eigenvalue weighted by Crippen LogP contribution is -2.09. The monoisotopic (exact) mass is 455 g/mol. The SMILES string of the molecule is Cc1nc(-c2ccccc2)c([N+](=O)[O-])c(-c2ccco2)c1C(=O)C=Cc1cccc([N+](=O)[O-])c1. The van der Waals surface area contributed by atoms with Crippen LogP contribution in [0.25, 0.3) is 28.7 Å². The molecule has 0 amide bonds. The summed E-state index contributed by atoms with van der Waals surface area (Å²) in [7, 11) is 0. The van der Waals surface area contributed by atoms with Crippen molar-refractivity contribution < 1.29 is 19.1 Å². The van der Waals surface area contributed by atoms with Crippen LogP contribution in [0.5, 0.6) is 0 Å². The summed E-state index contributed by atoms with van der Waals surface area (Å²) in [5.41, 5.74) is 0.932. The molecule has 0 saturated carbocycles. The second-order valence-corrected chi connectivity index (χ2v) is 7.29. The summed E-state index contributed by atoms with van der Waals surface area (Å²) >= 11 is 0. The largest absolute Gasteiger partial charge is 0.464 e. The Kier molecular flexibility index (Phi) is 6.09. The molecule has 0 fully saturated rings. The van der Waals surface area contributed by atoms with Crippen LogP contribution in [0.15, 0.2) is 83.5 Å². The molecule has 9 nitrogen and oxygen atoms in total. The summed E-state index contributed by atoms with van der Waals surface area (Å²) in [5, 5.41) is 23.2. The maximum absolute atomic E-state index is 13.3. The molecule has 0 aliphatic heterocycles. The van der Waals surface area contributed by atoms with Gasteiger partial charge in [-0.05, 0) is 30.7 Å². The molecule has 0 aliphatic rings. The number of hydrogen-bond acceptors (Lipinski definition) is 7. The minimum absolute atomic E-state index is 0.0167. The van der Waals surface area contributed by atoms with E-state index in [1.54, 1.807) is 49.4 Å². The van der Waals surface area contributed by atoms with E-state index in [4.69, 9.17) is 4.42 Å². The predicted molar refractivity (Wildman–Crippen MR) is 125 cm³/mol. The normalized spacial score (nSPS) is 11.0. The van der Waals surface area contributed by atoms with E-state index in [0.717, 1.165) is 0 Å². The van der Waals surface area contributed by atoms with Crippen LogP contribution in [-0.4, -0.2) is 20.6 Å². The van der Waals surface area contributed by atoms with E-state index >= 15 is 0 Å². The molecule has 0 atom stereocenters. The molecule has 0 radical (unpaired) electrons. The van der Waals surface area contributed by atoms with Crippen molar-refractivity contribution in [1.29, 1.82) is 0 Å². The Morgan fingerprint density at radius 2 is 1.74 bits per heavy atom. The summed E-state index contributed by atoms with van der Waals surface area (Å²) in [5.74, 6) is -0.396. The van der Waals surface area contributed by atoms with Crippen molar-refractivity contribution in [3.63, 3.8) is 0 Å². The molecule has 2 aromatic heterocycles. The quantitative estimate of drug-likeness (QED) is 0.144. The summed E-state index contributed by atoms with van der Waals surface area (Å²) < 4.78 is 5.47. The van der Waals surface area contributed by atoms with Gasteiger partial charge in [-0.25, -0.2) is 4.98 Å². The van der Waals surface area contributed by atoms with Gasteiger partial charge >= 0.3 is 5.69 Å². The number of furan rings is 1. The van der Waals surface area contributed by atoms with Crippen molar-refractivity contribution in [1.82, 2.24) is 4.98 Å². The molecule has 0 saturated heterocycles. The lowest BCUT2D eigenvalue weighted by atomic mass is 9.94. The Morgan fingerprint density at radius 3 is 2.38 bits per heavy atom. The predicted octanol–water partition coefficient (Wildman–Crippen LogP) is 6.03. The standard InChI is InChI=1S/C25H17N3O6/c1-16-22(20(29)13-12-17-7-5-10-19(15-17)27(30)31)23(21-11-6-14-34-21)25(28(32)33)24(26-16)18-8-3-2-4-9-18/h2-15H,1H3. The molecule has 0 unspecified atom stereocenters. The number of carbonyl (C=O) groups excluding carboxylic acids is 1. The third-order valence-corrected chi connectivity index (χ3v) is 5.10. The molecular formula is C25H17N3O6. The first-order chi connectivity index (χ1) is 16.4. The average Bonchev–Trinajstić information content (AvgIpc) is 3.37. The molecule has 2 heterocycles. The minimum atomic E-state index is -0.576. The number of ketones is 1. The van der Waals surface area contributed by atoms with Crippen LogP contribution in [0.2, 0.25) is 0 Å². The van der Waals surface area contributed by atoms with Crippen LogP contribution in [0.1, 0.15) is 21.6 Å². The number of aromatic nitrogens is 1. The van der Waals surface area contributed by atoms with E-state index in [1.807, 2.05) is 0 Å². The van der Waals surface area contributed by atoms with E-state index < -0.39 is 15.6 Å². The second-order valence-electron chi connectivity index (χ2n) is 7.29. The Labute approximate surface area is 193 Å². The summed E-state index contributed by atoms with van der Waals surface area (Å²) in [6.45, 7) is 1.59. The first-order valence-corrected chi connectivity index (χ1v) is 10.1. The van der Waals surface area contributed by atoms with E-state index in [1.165, 1.54) is 42.7 Å². The van der Waals surface area contributed by atoms with Gasteiger partial charge in [0.25, 0.3) is 5.69 Å². The first-order valence-electron chi connectivity index (χ1n) is 10.1. The van der Waals surface area contributed by atoms with E-state index in [2.05, 4.69) is 4.98 Å². The van der Waals surface area contributed by atoms with Crippen LogP contribution >= 0.6 is 0 Å².